The fourth-order valence-electron chi connectivity index (χ4n) is 1.38. The number of rotatable bonds is 4. The van der Waals surface area contributed by atoms with E-state index in [4.69, 9.17) is 23.2 Å². The Balaban J connectivity index is 1.89. The van der Waals surface area contributed by atoms with Gasteiger partial charge in [-0.25, -0.2) is 9.97 Å². The zero-order valence-corrected chi connectivity index (χ0v) is 10.8. The van der Waals surface area contributed by atoms with Crippen LogP contribution in [-0.2, 0) is 6.42 Å². The Labute approximate surface area is 114 Å². The maximum atomic E-state index is 11.8. The Morgan fingerprint density at radius 1 is 1.39 bits per heavy atom. The predicted molar refractivity (Wildman–Crippen MR) is 68.9 cm³/mol. The summed E-state index contributed by atoms with van der Waals surface area (Å²) in [7, 11) is 0. The van der Waals surface area contributed by atoms with Gasteiger partial charge in [0, 0.05) is 31.6 Å². The lowest BCUT2D eigenvalue weighted by molar-refractivity contribution is 0.0953. The van der Waals surface area contributed by atoms with Gasteiger partial charge in [0.1, 0.15) is 11.0 Å². The number of hydrogen-bond acceptors (Lipinski definition) is 3. The molecule has 0 saturated carbocycles. The third-order valence-corrected chi connectivity index (χ3v) is 2.95. The Morgan fingerprint density at radius 2 is 2.22 bits per heavy atom. The SMILES string of the molecule is O=C(NCCc1ncc[nH]1)c1cnc(Cl)c(Cl)c1. The summed E-state index contributed by atoms with van der Waals surface area (Å²) in [5, 5.41) is 3.19. The largest absolute Gasteiger partial charge is 0.352 e. The molecule has 2 rings (SSSR count). The van der Waals surface area contributed by atoms with Crippen molar-refractivity contribution in [2.75, 3.05) is 6.54 Å². The molecule has 0 radical (unpaired) electrons. The van der Waals surface area contributed by atoms with Gasteiger partial charge in [0.15, 0.2) is 0 Å². The molecule has 1 amide bonds. The molecule has 2 heterocycles. The predicted octanol–water partition coefficient (Wildman–Crippen LogP) is 2.08. The van der Waals surface area contributed by atoms with Crippen molar-refractivity contribution in [3.8, 4) is 0 Å². The average Bonchev–Trinajstić information content (AvgIpc) is 2.85. The fraction of sp³-hybridized carbons (Fsp3) is 0.182. The molecule has 0 aliphatic rings. The molecule has 0 fully saturated rings. The minimum absolute atomic E-state index is 0.184. The Kier molecular flexibility index (Phi) is 4.17. The van der Waals surface area contributed by atoms with Gasteiger partial charge in [0.05, 0.1) is 10.6 Å². The van der Waals surface area contributed by atoms with E-state index in [2.05, 4.69) is 20.3 Å². The second kappa shape index (κ2) is 5.84. The molecule has 2 N–H and O–H groups in total. The summed E-state index contributed by atoms with van der Waals surface area (Å²) in [5.74, 6) is 0.579. The number of carbonyl (C=O) groups is 1. The van der Waals surface area contributed by atoms with E-state index < -0.39 is 0 Å². The van der Waals surface area contributed by atoms with Gasteiger partial charge in [-0.2, -0.15) is 0 Å². The van der Waals surface area contributed by atoms with Crippen LogP contribution in [0, 0.1) is 0 Å². The van der Waals surface area contributed by atoms with E-state index in [1.54, 1.807) is 12.4 Å². The molecule has 0 bridgehead atoms. The van der Waals surface area contributed by atoms with E-state index in [0.29, 0.717) is 18.5 Å². The third kappa shape index (κ3) is 3.21. The summed E-state index contributed by atoms with van der Waals surface area (Å²) in [4.78, 5) is 22.6. The van der Waals surface area contributed by atoms with Crippen molar-refractivity contribution >= 4 is 29.1 Å². The highest BCUT2D eigenvalue weighted by Gasteiger charge is 2.08. The van der Waals surface area contributed by atoms with Gasteiger partial charge in [0.2, 0.25) is 0 Å². The molecule has 94 valence electrons. The van der Waals surface area contributed by atoms with Crippen molar-refractivity contribution in [2.45, 2.75) is 6.42 Å². The van der Waals surface area contributed by atoms with Gasteiger partial charge < -0.3 is 10.3 Å². The summed E-state index contributed by atoms with van der Waals surface area (Å²) in [6.45, 7) is 0.479. The number of nitrogens with zero attached hydrogens (tertiary/aromatic N) is 2. The number of H-pyrrole nitrogens is 1. The van der Waals surface area contributed by atoms with Crippen LogP contribution in [0.15, 0.2) is 24.7 Å². The first-order chi connectivity index (χ1) is 8.66. The number of pyridine rings is 1. The third-order valence-electron chi connectivity index (χ3n) is 2.26. The zero-order valence-electron chi connectivity index (χ0n) is 9.28. The van der Waals surface area contributed by atoms with Crippen LogP contribution in [0.4, 0.5) is 0 Å². The van der Waals surface area contributed by atoms with Crippen molar-refractivity contribution < 1.29 is 4.79 Å². The second-order valence-corrected chi connectivity index (χ2v) is 4.30. The maximum absolute atomic E-state index is 11.8. The van der Waals surface area contributed by atoms with E-state index in [0.717, 1.165) is 5.82 Å². The molecule has 18 heavy (non-hydrogen) atoms. The van der Waals surface area contributed by atoms with Crippen LogP contribution in [0.2, 0.25) is 10.2 Å². The zero-order chi connectivity index (χ0) is 13.0. The molecular formula is C11H10Cl2N4O. The highest BCUT2D eigenvalue weighted by Crippen LogP contribution is 2.19. The molecular weight excluding hydrogens is 275 g/mol. The number of carbonyl (C=O) groups excluding carboxylic acids is 1. The smallest absolute Gasteiger partial charge is 0.252 e. The van der Waals surface area contributed by atoms with Crippen molar-refractivity contribution in [1.82, 2.24) is 20.3 Å². The quantitative estimate of drug-likeness (QED) is 0.845. The van der Waals surface area contributed by atoms with Crippen LogP contribution in [0.5, 0.6) is 0 Å². The van der Waals surface area contributed by atoms with E-state index in [1.165, 1.54) is 12.3 Å². The number of aromatic nitrogens is 3. The van der Waals surface area contributed by atoms with E-state index >= 15 is 0 Å². The van der Waals surface area contributed by atoms with Crippen LogP contribution in [0.3, 0.4) is 0 Å². The van der Waals surface area contributed by atoms with Gasteiger partial charge in [-0.05, 0) is 6.07 Å². The van der Waals surface area contributed by atoms with Gasteiger partial charge in [-0.15, -0.1) is 0 Å². The molecule has 0 saturated heterocycles. The number of hydrogen-bond donors (Lipinski definition) is 2. The monoisotopic (exact) mass is 284 g/mol. The van der Waals surface area contributed by atoms with E-state index in [9.17, 15) is 4.79 Å². The average molecular weight is 285 g/mol. The molecule has 2 aromatic rings. The van der Waals surface area contributed by atoms with Gasteiger partial charge >= 0.3 is 0 Å². The summed E-state index contributed by atoms with van der Waals surface area (Å²) in [6, 6.07) is 1.49. The number of nitrogens with one attached hydrogen (secondary N) is 2. The molecule has 7 heteroatoms. The Hall–Kier alpha value is -1.59. The van der Waals surface area contributed by atoms with E-state index in [-0.39, 0.29) is 16.1 Å². The molecule has 0 atom stereocenters. The maximum Gasteiger partial charge on any atom is 0.252 e. The van der Waals surface area contributed by atoms with Crippen molar-refractivity contribution in [1.29, 1.82) is 0 Å². The lowest BCUT2D eigenvalue weighted by atomic mass is 10.2. The normalized spacial score (nSPS) is 10.3. The van der Waals surface area contributed by atoms with Crippen LogP contribution in [-0.4, -0.2) is 27.4 Å². The van der Waals surface area contributed by atoms with Crippen LogP contribution in [0.25, 0.3) is 0 Å². The van der Waals surface area contributed by atoms with Crippen molar-refractivity contribution in [2.24, 2.45) is 0 Å². The van der Waals surface area contributed by atoms with Gasteiger partial charge in [0.25, 0.3) is 5.91 Å². The first-order valence-electron chi connectivity index (χ1n) is 5.24. The van der Waals surface area contributed by atoms with Crippen LogP contribution >= 0.6 is 23.2 Å². The van der Waals surface area contributed by atoms with Crippen molar-refractivity contribution in [3.63, 3.8) is 0 Å². The highest BCUT2D eigenvalue weighted by molar-refractivity contribution is 6.41. The second-order valence-electron chi connectivity index (χ2n) is 3.54. The first-order valence-corrected chi connectivity index (χ1v) is 6.00. The summed E-state index contributed by atoms with van der Waals surface area (Å²) in [6.07, 6.45) is 5.42. The Bertz CT molecular complexity index is 542. The van der Waals surface area contributed by atoms with Gasteiger partial charge in [-0.3, -0.25) is 4.79 Å². The topological polar surface area (TPSA) is 70.7 Å². The lowest BCUT2D eigenvalue weighted by Gasteiger charge is -2.04. The summed E-state index contributed by atoms with van der Waals surface area (Å²) in [5.41, 5.74) is 0.379. The lowest BCUT2D eigenvalue weighted by Crippen LogP contribution is -2.26. The standard InChI is InChI=1S/C11H10Cl2N4O/c12-8-5-7(6-17-10(8)13)11(18)16-2-1-9-14-3-4-15-9/h3-6H,1-2H2,(H,14,15)(H,16,18). The highest BCUT2D eigenvalue weighted by atomic mass is 35.5. The van der Waals surface area contributed by atoms with Crippen LogP contribution in [0.1, 0.15) is 16.2 Å². The molecule has 0 aromatic carbocycles. The van der Waals surface area contributed by atoms with E-state index in [1.807, 2.05) is 0 Å². The molecule has 0 aliphatic heterocycles. The summed E-state index contributed by atoms with van der Waals surface area (Å²) >= 11 is 11.5. The molecule has 0 unspecified atom stereocenters. The Morgan fingerprint density at radius 3 is 2.89 bits per heavy atom. The van der Waals surface area contributed by atoms with Crippen molar-refractivity contribution in [3.05, 3.63) is 46.2 Å². The molecule has 5 nitrogen and oxygen atoms in total. The summed E-state index contributed by atoms with van der Waals surface area (Å²) < 4.78 is 0. The van der Waals surface area contributed by atoms with Crippen LogP contribution < -0.4 is 5.32 Å². The minimum atomic E-state index is -0.243. The molecule has 0 spiro atoms. The fourth-order valence-corrected chi connectivity index (χ4v) is 1.65. The number of amides is 1. The minimum Gasteiger partial charge on any atom is -0.352 e. The molecule has 2 aromatic heterocycles. The number of halogens is 2. The van der Waals surface area contributed by atoms with Gasteiger partial charge in [-0.1, -0.05) is 23.2 Å². The number of imidazole rings is 1. The number of aromatic amines is 1. The molecule has 0 aliphatic carbocycles. The first kappa shape index (κ1) is 12.9.